The van der Waals surface area contributed by atoms with Crippen LogP contribution in [0.1, 0.15) is 34.7 Å². The minimum atomic E-state index is 0.110. The maximum Gasteiger partial charge on any atom is 0.159 e. The molecule has 0 saturated heterocycles. The largest absolute Gasteiger partial charge is 0.454 e. The second kappa shape index (κ2) is 9.97. The Morgan fingerprint density at radius 2 is 1.60 bits per heavy atom. The molecule has 4 nitrogen and oxygen atoms in total. The quantitative estimate of drug-likeness (QED) is 0.202. The van der Waals surface area contributed by atoms with Crippen molar-refractivity contribution in [2.75, 3.05) is 4.90 Å². The Kier molecular flexibility index (Phi) is 5.56. The number of rotatable bonds is 3. The number of fused-ring (bicyclic) bond motifs is 10. The van der Waals surface area contributed by atoms with Crippen molar-refractivity contribution in [1.82, 2.24) is 4.57 Å². The van der Waals surface area contributed by atoms with E-state index >= 15 is 0 Å². The summed E-state index contributed by atoms with van der Waals surface area (Å²) in [7, 11) is 0. The van der Waals surface area contributed by atoms with Gasteiger partial charge >= 0.3 is 0 Å². The number of nitriles is 1. The Morgan fingerprint density at radius 3 is 2.53 bits per heavy atom. The number of para-hydroxylation sites is 3. The minimum Gasteiger partial charge on any atom is -0.454 e. The van der Waals surface area contributed by atoms with Crippen LogP contribution in [0.25, 0.3) is 55.7 Å². The van der Waals surface area contributed by atoms with E-state index in [9.17, 15) is 5.26 Å². The number of aryl methyl sites for hydroxylation is 1. The van der Waals surface area contributed by atoms with Gasteiger partial charge in [-0.3, -0.25) is 0 Å². The molecule has 2 unspecified atom stereocenters. The molecule has 222 valence electrons. The van der Waals surface area contributed by atoms with Gasteiger partial charge in [0.15, 0.2) is 5.58 Å². The summed E-state index contributed by atoms with van der Waals surface area (Å²) in [6.07, 6.45) is 15.4. The van der Waals surface area contributed by atoms with Crippen molar-refractivity contribution in [2.24, 2.45) is 0 Å². The summed E-state index contributed by atoms with van der Waals surface area (Å²) in [4.78, 5) is 2.48. The second-order valence-corrected chi connectivity index (χ2v) is 12.7. The molecule has 2 aromatic heterocycles. The number of anilines is 2. The third kappa shape index (κ3) is 3.69. The molecule has 0 radical (unpaired) electrons. The fourth-order valence-corrected chi connectivity index (χ4v) is 8.22. The Balaban J connectivity index is 1.21. The summed E-state index contributed by atoms with van der Waals surface area (Å²) in [5.41, 5.74) is 12.7. The summed E-state index contributed by atoms with van der Waals surface area (Å²) in [6.45, 7) is 0. The maximum absolute atomic E-state index is 10.4. The van der Waals surface area contributed by atoms with Gasteiger partial charge in [0.05, 0.1) is 28.5 Å². The van der Waals surface area contributed by atoms with E-state index in [1.807, 2.05) is 12.1 Å². The molecule has 2 aliphatic carbocycles. The Hall–Kier alpha value is -6.05. The lowest BCUT2D eigenvalue weighted by atomic mass is 9.91. The molecule has 2 atom stereocenters. The van der Waals surface area contributed by atoms with Gasteiger partial charge in [-0.05, 0) is 65.9 Å². The number of hydrogen-bond acceptors (Lipinski definition) is 3. The smallest absolute Gasteiger partial charge is 0.159 e. The standard InChI is InChI=1S/C43H29N3O/c44-26-28-22-21-27(25-40(28)45-37-17-7-2-12-30(37)31-13-3-8-18-38(31)45)29-11-1-6-16-36(29)46-39-19-9-4-14-32(39)34-23-24-35-33-15-5-10-20-41(33)47-43(35)42(34)46/h1-2,4-12,14-25,32,39H,3,13H2. The van der Waals surface area contributed by atoms with Gasteiger partial charge in [0, 0.05) is 39.0 Å². The zero-order valence-electron chi connectivity index (χ0n) is 25.6. The number of furan rings is 1. The number of benzene rings is 5. The lowest BCUT2D eigenvalue weighted by Gasteiger charge is -2.30. The molecule has 5 aromatic carbocycles. The molecule has 0 spiro atoms. The van der Waals surface area contributed by atoms with Crippen LogP contribution in [-0.4, -0.2) is 10.6 Å². The normalized spacial score (nSPS) is 17.7. The molecule has 10 rings (SSSR count). The first-order valence-corrected chi connectivity index (χ1v) is 16.3. The van der Waals surface area contributed by atoms with Gasteiger partial charge in [-0.2, -0.15) is 5.26 Å². The first-order valence-electron chi connectivity index (χ1n) is 16.3. The second-order valence-electron chi connectivity index (χ2n) is 12.7. The van der Waals surface area contributed by atoms with Crippen molar-refractivity contribution in [1.29, 1.82) is 5.26 Å². The highest BCUT2D eigenvalue weighted by Gasteiger charge is 2.40. The van der Waals surface area contributed by atoms with Crippen molar-refractivity contribution in [3.63, 3.8) is 0 Å². The molecule has 0 amide bonds. The molecule has 0 fully saturated rings. The molecule has 0 N–H and O–H groups in total. The van der Waals surface area contributed by atoms with Crippen LogP contribution in [0.3, 0.4) is 0 Å². The minimum absolute atomic E-state index is 0.110. The SMILES string of the molecule is N#Cc1ccc(-c2ccccc2N2c3c(ccc4c3oc3ccccc34)C3C=CC=CC32)cc1-n1c2c(c3ccccc31)CCC=C2. The van der Waals surface area contributed by atoms with Gasteiger partial charge in [-0.15, -0.1) is 0 Å². The fourth-order valence-electron chi connectivity index (χ4n) is 8.22. The van der Waals surface area contributed by atoms with Crippen molar-refractivity contribution >= 4 is 50.3 Å². The molecule has 3 aliphatic rings. The third-order valence-electron chi connectivity index (χ3n) is 10.2. The average molecular weight is 604 g/mol. The van der Waals surface area contributed by atoms with E-state index in [0.29, 0.717) is 5.56 Å². The Bertz CT molecular complexity index is 2570. The molecular formula is C43H29N3O. The maximum atomic E-state index is 10.4. The van der Waals surface area contributed by atoms with E-state index < -0.39 is 0 Å². The first-order chi connectivity index (χ1) is 23.3. The Labute approximate surface area is 272 Å². The van der Waals surface area contributed by atoms with E-state index in [4.69, 9.17) is 4.42 Å². The summed E-state index contributed by atoms with van der Waals surface area (Å²) < 4.78 is 8.95. The van der Waals surface area contributed by atoms with Crippen LogP contribution in [0, 0.1) is 11.3 Å². The van der Waals surface area contributed by atoms with Gasteiger partial charge in [-0.1, -0.05) is 103 Å². The predicted molar refractivity (Wildman–Crippen MR) is 191 cm³/mol. The number of aromatic nitrogens is 1. The van der Waals surface area contributed by atoms with Crippen LogP contribution in [-0.2, 0) is 6.42 Å². The van der Waals surface area contributed by atoms with Crippen LogP contribution in [0.15, 0.2) is 138 Å². The monoisotopic (exact) mass is 603 g/mol. The van der Waals surface area contributed by atoms with Crippen molar-refractivity contribution in [2.45, 2.75) is 24.8 Å². The van der Waals surface area contributed by atoms with Gasteiger partial charge in [0.1, 0.15) is 11.7 Å². The third-order valence-corrected chi connectivity index (χ3v) is 10.2. The summed E-state index contributed by atoms with van der Waals surface area (Å²) in [5, 5.41) is 13.9. The summed E-state index contributed by atoms with van der Waals surface area (Å²) in [5.74, 6) is 0.210. The van der Waals surface area contributed by atoms with Crippen molar-refractivity contribution < 1.29 is 4.42 Å². The molecule has 1 aliphatic heterocycles. The molecule has 7 aromatic rings. The summed E-state index contributed by atoms with van der Waals surface area (Å²) in [6, 6.07) is 39.0. The number of hydrogen-bond donors (Lipinski definition) is 0. The van der Waals surface area contributed by atoms with Crippen LogP contribution in [0.5, 0.6) is 0 Å². The van der Waals surface area contributed by atoms with Crippen molar-refractivity contribution in [3.8, 4) is 22.9 Å². The molecule has 0 saturated carbocycles. The van der Waals surface area contributed by atoms with Crippen LogP contribution < -0.4 is 4.90 Å². The molecule has 0 bridgehead atoms. The lowest BCUT2D eigenvalue weighted by Crippen LogP contribution is -2.29. The zero-order chi connectivity index (χ0) is 31.1. The highest BCUT2D eigenvalue weighted by molar-refractivity contribution is 6.11. The highest BCUT2D eigenvalue weighted by atomic mass is 16.3. The number of allylic oxidation sites excluding steroid dienone is 3. The van der Waals surface area contributed by atoms with Gasteiger partial charge in [0.25, 0.3) is 0 Å². The predicted octanol–water partition coefficient (Wildman–Crippen LogP) is 10.8. The van der Waals surface area contributed by atoms with E-state index in [-0.39, 0.29) is 12.0 Å². The van der Waals surface area contributed by atoms with Gasteiger partial charge in [-0.25, -0.2) is 0 Å². The fraction of sp³-hybridized carbons (Fsp3) is 0.0930. The highest BCUT2D eigenvalue weighted by Crippen LogP contribution is 2.53. The average Bonchev–Trinajstić information content (AvgIpc) is 3.79. The van der Waals surface area contributed by atoms with Gasteiger partial charge < -0.3 is 13.9 Å². The topological polar surface area (TPSA) is 45.1 Å². The van der Waals surface area contributed by atoms with Crippen LogP contribution >= 0.6 is 0 Å². The van der Waals surface area contributed by atoms with E-state index in [1.54, 1.807) is 0 Å². The molecule has 47 heavy (non-hydrogen) atoms. The lowest BCUT2D eigenvalue weighted by molar-refractivity contribution is 0.667. The van der Waals surface area contributed by atoms with Crippen LogP contribution in [0.4, 0.5) is 11.4 Å². The number of nitrogens with zero attached hydrogens (tertiary/aromatic N) is 3. The first kappa shape index (κ1) is 26.2. The molecular weight excluding hydrogens is 574 g/mol. The zero-order valence-corrected chi connectivity index (χ0v) is 25.6. The molecule has 3 heterocycles. The summed E-state index contributed by atoms with van der Waals surface area (Å²) >= 11 is 0. The molecule has 4 heteroatoms. The van der Waals surface area contributed by atoms with E-state index in [1.165, 1.54) is 22.2 Å². The van der Waals surface area contributed by atoms with E-state index in [2.05, 4.69) is 143 Å². The Morgan fingerprint density at radius 1 is 0.766 bits per heavy atom. The van der Waals surface area contributed by atoms with Gasteiger partial charge in [0.2, 0.25) is 0 Å². The van der Waals surface area contributed by atoms with Crippen LogP contribution in [0.2, 0.25) is 0 Å². The van der Waals surface area contributed by atoms with E-state index in [0.717, 1.165) is 68.5 Å². The van der Waals surface area contributed by atoms with Crippen molar-refractivity contribution in [3.05, 3.63) is 156 Å².